The SMILES string of the molecule is COc1ccc(-n2c(SCC(=O)Nc3ccccc3F)nc3c([nH]c4ccccc43)c2=O)cc1. The van der Waals surface area contributed by atoms with E-state index in [1.54, 1.807) is 43.5 Å². The van der Waals surface area contributed by atoms with Gasteiger partial charge in [-0.05, 0) is 42.5 Å². The van der Waals surface area contributed by atoms with Crippen molar-refractivity contribution >= 4 is 45.3 Å². The highest BCUT2D eigenvalue weighted by molar-refractivity contribution is 7.99. The summed E-state index contributed by atoms with van der Waals surface area (Å²) in [6.45, 7) is 0. The van der Waals surface area contributed by atoms with Gasteiger partial charge < -0.3 is 15.0 Å². The lowest BCUT2D eigenvalue weighted by Gasteiger charge is -2.13. The molecule has 7 nitrogen and oxygen atoms in total. The average molecular weight is 475 g/mol. The number of para-hydroxylation sites is 2. The normalized spacial score (nSPS) is 11.1. The van der Waals surface area contributed by atoms with Gasteiger partial charge in [-0.3, -0.25) is 14.2 Å². The molecule has 170 valence electrons. The lowest BCUT2D eigenvalue weighted by atomic mass is 10.2. The summed E-state index contributed by atoms with van der Waals surface area (Å²) in [5.41, 5.74) is 2.09. The highest BCUT2D eigenvalue weighted by Gasteiger charge is 2.18. The third-order valence-electron chi connectivity index (χ3n) is 5.31. The van der Waals surface area contributed by atoms with Crippen molar-refractivity contribution in [2.45, 2.75) is 5.16 Å². The van der Waals surface area contributed by atoms with Crippen LogP contribution in [0.5, 0.6) is 5.75 Å². The number of halogens is 1. The summed E-state index contributed by atoms with van der Waals surface area (Å²) in [5, 5.41) is 3.72. The first-order valence-electron chi connectivity index (χ1n) is 10.4. The molecule has 0 aliphatic rings. The number of anilines is 1. The molecule has 0 radical (unpaired) electrons. The van der Waals surface area contributed by atoms with Crippen LogP contribution in [-0.4, -0.2) is 33.3 Å². The van der Waals surface area contributed by atoms with Crippen LogP contribution < -0.4 is 15.6 Å². The van der Waals surface area contributed by atoms with Crippen molar-refractivity contribution in [3.05, 3.63) is 89.0 Å². The number of carbonyl (C=O) groups excluding carboxylic acids is 1. The van der Waals surface area contributed by atoms with Crippen molar-refractivity contribution in [2.24, 2.45) is 0 Å². The van der Waals surface area contributed by atoms with Gasteiger partial charge in [-0.15, -0.1) is 0 Å². The Morgan fingerprint density at radius 1 is 1.09 bits per heavy atom. The number of aromatic amines is 1. The molecular weight excluding hydrogens is 455 g/mol. The summed E-state index contributed by atoms with van der Waals surface area (Å²) >= 11 is 1.10. The van der Waals surface area contributed by atoms with Gasteiger partial charge in [-0.25, -0.2) is 9.37 Å². The molecule has 0 atom stereocenters. The van der Waals surface area contributed by atoms with Gasteiger partial charge in [0.15, 0.2) is 5.16 Å². The molecule has 2 N–H and O–H groups in total. The number of rotatable bonds is 6. The Labute approximate surface area is 197 Å². The minimum Gasteiger partial charge on any atom is -0.497 e. The Kier molecular flexibility index (Phi) is 5.77. The number of carbonyl (C=O) groups is 1. The van der Waals surface area contributed by atoms with Crippen molar-refractivity contribution in [3.63, 3.8) is 0 Å². The maximum absolute atomic E-state index is 13.9. The first-order chi connectivity index (χ1) is 16.5. The van der Waals surface area contributed by atoms with Gasteiger partial charge in [0, 0.05) is 10.9 Å². The Bertz CT molecular complexity index is 1580. The van der Waals surface area contributed by atoms with E-state index in [0.717, 1.165) is 22.7 Å². The molecule has 2 heterocycles. The molecule has 3 aromatic carbocycles. The summed E-state index contributed by atoms with van der Waals surface area (Å²) in [5.74, 6) is -0.348. The number of methoxy groups -OCH3 is 1. The number of fused-ring (bicyclic) bond motifs is 3. The van der Waals surface area contributed by atoms with Gasteiger partial charge >= 0.3 is 0 Å². The third kappa shape index (κ3) is 4.01. The van der Waals surface area contributed by atoms with Crippen LogP contribution in [0.15, 0.2) is 82.7 Å². The monoisotopic (exact) mass is 474 g/mol. The molecule has 0 saturated carbocycles. The molecule has 0 aliphatic carbocycles. The second-order valence-electron chi connectivity index (χ2n) is 7.44. The maximum atomic E-state index is 13.9. The molecule has 5 aromatic rings. The number of aromatic nitrogens is 3. The number of nitrogens with one attached hydrogen (secondary N) is 2. The summed E-state index contributed by atoms with van der Waals surface area (Å²) in [6.07, 6.45) is 0. The average Bonchev–Trinajstić information content (AvgIpc) is 3.23. The minimum atomic E-state index is -0.519. The van der Waals surface area contributed by atoms with Crippen LogP contribution in [0.2, 0.25) is 0 Å². The van der Waals surface area contributed by atoms with E-state index in [0.29, 0.717) is 27.6 Å². The van der Waals surface area contributed by atoms with E-state index in [9.17, 15) is 14.0 Å². The van der Waals surface area contributed by atoms with E-state index in [4.69, 9.17) is 9.72 Å². The lowest BCUT2D eigenvalue weighted by molar-refractivity contribution is -0.113. The number of ether oxygens (including phenoxy) is 1. The number of thioether (sulfide) groups is 1. The fourth-order valence-corrected chi connectivity index (χ4v) is 4.48. The Balaban J connectivity index is 1.56. The Morgan fingerprint density at radius 3 is 2.59 bits per heavy atom. The summed E-state index contributed by atoms with van der Waals surface area (Å²) < 4.78 is 20.6. The van der Waals surface area contributed by atoms with Gasteiger partial charge in [-0.1, -0.05) is 42.1 Å². The summed E-state index contributed by atoms with van der Waals surface area (Å²) in [4.78, 5) is 34.0. The molecule has 9 heteroatoms. The molecule has 34 heavy (non-hydrogen) atoms. The van der Waals surface area contributed by atoms with E-state index in [1.807, 2.05) is 24.3 Å². The molecule has 2 aromatic heterocycles. The quantitative estimate of drug-likeness (QED) is 0.274. The molecule has 0 saturated heterocycles. The van der Waals surface area contributed by atoms with E-state index in [-0.39, 0.29) is 17.0 Å². The van der Waals surface area contributed by atoms with E-state index >= 15 is 0 Å². The number of hydrogen-bond donors (Lipinski definition) is 2. The van der Waals surface area contributed by atoms with Crippen molar-refractivity contribution in [3.8, 4) is 11.4 Å². The fraction of sp³-hybridized carbons (Fsp3) is 0.0800. The number of amides is 1. The van der Waals surface area contributed by atoms with Gasteiger partial charge in [0.1, 0.15) is 22.6 Å². The van der Waals surface area contributed by atoms with Crippen molar-refractivity contribution < 1.29 is 13.9 Å². The van der Waals surface area contributed by atoms with Crippen LogP contribution in [0, 0.1) is 5.82 Å². The number of hydrogen-bond acceptors (Lipinski definition) is 5. The standard InChI is InChI=1S/C25H19FN4O3S/c1-33-16-12-10-15(11-13-16)30-24(32)23-22(17-6-2-4-8-19(17)28-23)29-25(30)34-14-21(31)27-20-9-5-3-7-18(20)26/h2-13,28H,14H2,1H3,(H,27,31). The zero-order valence-electron chi connectivity index (χ0n) is 18.0. The van der Waals surface area contributed by atoms with Crippen molar-refractivity contribution in [2.75, 3.05) is 18.2 Å². The largest absolute Gasteiger partial charge is 0.497 e. The first kappa shape index (κ1) is 21.7. The van der Waals surface area contributed by atoms with Gasteiger partial charge in [0.25, 0.3) is 5.56 Å². The zero-order valence-corrected chi connectivity index (χ0v) is 18.9. The van der Waals surface area contributed by atoms with Gasteiger partial charge in [0.2, 0.25) is 5.91 Å². The Hall–Kier alpha value is -4.11. The second-order valence-corrected chi connectivity index (χ2v) is 8.39. The van der Waals surface area contributed by atoms with Gasteiger partial charge in [-0.2, -0.15) is 0 Å². The van der Waals surface area contributed by atoms with Crippen molar-refractivity contribution in [1.29, 1.82) is 0 Å². The van der Waals surface area contributed by atoms with Crippen LogP contribution in [0.1, 0.15) is 0 Å². The molecule has 1 amide bonds. The second kappa shape index (κ2) is 9.03. The molecule has 0 spiro atoms. The maximum Gasteiger partial charge on any atom is 0.283 e. The smallest absolute Gasteiger partial charge is 0.283 e. The number of benzene rings is 3. The lowest BCUT2D eigenvalue weighted by Crippen LogP contribution is -2.23. The molecule has 0 bridgehead atoms. The van der Waals surface area contributed by atoms with Crippen LogP contribution in [0.25, 0.3) is 27.6 Å². The molecule has 5 rings (SSSR count). The highest BCUT2D eigenvalue weighted by Crippen LogP contribution is 2.27. The van der Waals surface area contributed by atoms with Gasteiger partial charge in [0.05, 0.1) is 24.2 Å². The topological polar surface area (TPSA) is 89.0 Å². The third-order valence-corrected chi connectivity index (χ3v) is 6.24. The number of H-pyrrole nitrogens is 1. The Morgan fingerprint density at radius 2 is 1.82 bits per heavy atom. The molecule has 0 fully saturated rings. The van der Waals surface area contributed by atoms with Crippen molar-refractivity contribution in [1.82, 2.24) is 14.5 Å². The van der Waals surface area contributed by atoms with E-state index in [1.165, 1.54) is 16.7 Å². The van der Waals surface area contributed by atoms with Crippen LogP contribution >= 0.6 is 11.8 Å². The molecule has 0 aliphatic heterocycles. The zero-order chi connectivity index (χ0) is 23.7. The fourth-order valence-electron chi connectivity index (χ4n) is 3.68. The van der Waals surface area contributed by atoms with E-state index in [2.05, 4.69) is 10.3 Å². The first-order valence-corrected chi connectivity index (χ1v) is 11.4. The highest BCUT2D eigenvalue weighted by atomic mass is 32.2. The summed E-state index contributed by atoms with van der Waals surface area (Å²) in [7, 11) is 1.56. The van der Waals surface area contributed by atoms with Crippen LogP contribution in [-0.2, 0) is 4.79 Å². The predicted octanol–water partition coefficient (Wildman–Crippen LogP) is 4.75. The molecular formula is C25H19FN4O3S. The minimum absolute atomic E-state index is 0.0647. The molecule has 0 unspecified atom stereocenters. The summed E-state index contributed by atoms with van der Waals surface area (Å²) in [6, 6.07) is 20.5. The number of nitrogens with zero attached hydrogens (tertiary/aromatic N) is 2. The predicted molar refractivity (Wildman–Crippen MR) is 132 cm³/mol. The van der Waals surface area contributed by atoms with E-state index < -0.39 is 11.7 Å². The van der Waals surface area contributed by atoms with Crippen LogP contribution in [0.3, 0.4) is 0 Å². The van der Waals surface area contributed by atoms with Crippen LogP contribution in [0.4, 0.5) is 10.1 Å².